The van der Waals surface area contributed by atoms with Crippen LogP contribution in [-0.2, 0) is 18.8 Å². The summed E-state index contributed by atoms with van der Waals surface area (Å²) in [5, 5.41) is 5.45. The summed E-state index contributed by atoms with van der Waals surface area (Å²) in [6.45, 7) is 6.87. The van der Waals surface area contributed by atoms with Gasteiger partial charge in [-0.15, -0.1) is 0 Å². The number of hydrogen-bond acceptors (Lipinski definition) is 4. The minimum atomic E-state index is -0.615. The highest BCUT2D eigenvalue weighted by Gasteiger charge is 2.22. The van der Waals surface area contributed by atoms with Crippen molar-refractivity contribution in [3.05, 3.63) is 35.9 Å². The van der Waals surface area contributed by atoms with Crippen molar-refractivity contribution in [3.63, 3.8) is 0 Å². The van der Waals surface area contributed by atoms with Gasteiger partial charge in [-0.1, -0.05) is 0 Å². The Bertz CT molecular complexity index is 977. The molecule has 1 saturated heterocycles. The van der Waals surface area contributed by atoms with Crippen LogP contribution in [0.15, 0.2) is 24.5 Å². The predicted molar refractivity (Wildman–Crippen MR) is 118 cm³/mol. The third-order valence-electron chi connectivity index (χ3n) is 5.01. The molecule has 0 saturated carbocycles. The van der Waals surface area contributed by atoms with E-state index >= 15 is 0 Å². The highest BCUT2D eigenvalue weighted by atomic mass is 16.6. The fourth-order valence-corrected chi connectivity index (χ4v) is 3.58. The lowest BCUT2D eigenvalue weighted by molar-refractivity contribution is 0.0634. The Hall–Kier alpha value is -3.23. The van der Waals surface area contributed by atoms with E-state index in [1.54, 1.807) is 68.5 Å². The van der Waals surface area contributed by atoms with Gasteiger partial charge in [-0.25, -0.2) is 4.79 Å². The Kier molecular flexibility index (Phi) is 6.42. The Morgan fingerprint density at radius 1 is 0.871 bits per heavy atom. The zero-order chi connectivity index (χ0) is 22.8. The van der Waals surface area contributed by atoms with Gasteiger partial charge >= 0.3 is 6.09 Å². The van der Waals surface area contributed by atoms with Crippen LogP contribution in [0.1, 0.15) is 61.0 Å². The lowest BCUT2D eigenvalue weighted by Gasteiger charge is -2.26. The molecular formula is C22H31N5O4. The summed E-state index contributed by atoms with van der Waals surface area (Å²) in [6, 6.07) is 3.26. The summed E-state index contributed by atoms with van der Waals surface area (Å²) in [4.78, 5) is 39.4. The van der Waals surface area contributed by atoms with Crippen LogP contribution in [-0.4, -0.2) is 50.6 Å². The Balaban J connectivity index is 1.67. The number of nitrogens with zero attached hydrogens (tertiary/aromatic N) is 3. The van der Waals surface area contributed by atoms with Crippen molar-refractivity contribution in [2.45, 2.75) is 45.6 Å². The number of hydrogen-bond donors (Lipinski definition) is 2. The second-order valence-electron chi connectivity index (χ2n) is 8.88. The van der Waals surface area contributed by atoms with Crippen molar-refractivity contribution >= 4 is 29.3 Å². The van der Waals surface area contributed by atoms with Gasteiger partial charge in [0, 0.05) is 39.6 Å². The SMILES string of the molecule is Cn1cc(NC(=O)OC(C)(C)C)cc1C(=O)Nc1cc(C(=O)N2CCCCC2)n(C)c1. The van der Waals surface area contributed by atoms with Crippen LogP contribution < -0.4 is 10.6 Å². The first kappa shape index (κ1) is 22.5. The number of rotatable bonds is 4. The molecule has 0 aromatic carbocycles. The van der Waals surface area contributed by atoms with E-state index in [1.807, 2.05) is 4.90 Å². The van der Waals surface area contributed by atoms with Crippen LogP contribution in [0.2, 0.25) is 0 Å². The van der Waals surface area contributed by atoms with E-state index in [9.17, 15) is 14.4 Å². The number of piperidine rings is 1. The standard InChI is InChI=1S/C22H31N5O4/c1-22(2,3)31-21(30)24-16-11-17(25(4)14-16)19(28)23-15-12-18(26(5)13-15)20(29)27-9-7-6-8-10-27/h11-14H,6-10H2,1-5H3,(H,23,28)(H,24,30). The Morgan fingerprint density at radius 3 is 2.03 bits per heavy atom. The van der Waals surface area contributed by atoms with Crippen LogP contribution in [0.5, 0.6) is 0 Å². The molecule has 168 valence electrons. The highest BCUT2D eigenvalue weighted by Crippen LogP contribution is 2.20. The molecule has 0 bridgehead atoms. The maximum Gasteiger partial charge on any atom is 0.412 e. The highest BCUT2D eigenvalue weighted by molar-refractivity contribution is 6.05. The van der Waals surface area contributed by atoms with Crippen LogP contribution >= 0.6 is 0 Å². The lowest BCUT2D eigenvalue weighted by Crippen LogP contribution is -2.36. The van der Waals surface area contributed by atoms with Gasteiger partial charge in [-0.2, -0.15) is 0 Å². The smallest absolute Gasteiger partial charge is 0.412 e. The molecule has 2 N–H and O–H groups in total. The molecule has 9 nitrogen and oxygen atoms in total. The molecule has 3 rings (SSSR count). The largest absolute Gasteiger partial charge is 0.444 e. The predicted octanol–water partition coefficient (Wildman–Crippen LogP) is 3.59. The van der Waals surface area contributed by atoms with Crippen molar-refractivity contribution in [2.75, 3.05) is 23.7 Å². The first-order valence-corrected chi connectivity index (χ1v) is 10.5. The number of ether oxygens (including phenoxy) is 1. The maximum atomic E-state index is 12.8. The molecule has 3 heterocycles. The zero-order valence-corrected chi connectivity index (χ0v) is 18.8. The van der Waals surface area contributed by atoms with Gasteiger partial charge in [0.1, 0.15) is 17.0 Å². The van der Waals surface area contributed by atoms with E-state index in [2.05, 4.69) is 10.6 Å². The Morgan fingerprint density at radius 2 is 1.42 bits per heavy atom. The molecule has 3 amide bonds. The number of amides is 3. The van der Waals surface area contributed by atoms with Gasteiger partial charge in [0.05, 0.1) is 11.4 Å². The van der Waals surface area contributed by atoms with E-state index < -0.39 is 11.7 Å². The molecule has 1 aliphatic heterocycles. The molecule has 0 radical (unpaired) electrons. The second-order valence-corrected chi connectivity index (χ2v) is 8.88. The molecule has 2 aromatic rings. The van der Waals surface area contributed by atoms with Crippen LogP contribution in [0.3, 0.4) is 0 Å². The molecule has 9 heteroatoms. The summed E-state index contributed by atoms with van der Waals surface area (Å²) in [5.41, 5.74) is 1.28. The van der Waals surface area contributed by atoms with Crippen molar-refractivity contribution < 1.29 is 19.1 Å². The fraction of sp³-hybridized carbons (Fsp3) is 0.500. The van der Waals surface area contributed by atoms with Crippen molar-refractivity contribution in [3.8, 4) is 0 Å². The van der Waals surface area contributed by atoms with Gasteiger partial charge in [0.15, 0.2) is 0 Å². The number of anilines is 2. The molecule has 0 unspecified atom stereocenters. The lowest BCUT2D eigenvalue weighted by atomic mass is 10.1. The van der Waals surface area contributed by atoms with Gasteiger partial charge in [0.2, 0.25) is 0 Å². The van der Waals surface area contributed by atoms with Gasteiger partial charge in [-0.05, 0) is 52.2 Å². The average molecular weight is 430 g/mol. The summed E-state index contributed by atoms with van der Waals surface area (Å²) in [5.74, 6) is -0.368. The van der Waals surface area contributed by atoms with E-state index in [0.29, 0.717) is 22.8 Å². The van der Waals surface area contributed by atoms with Gasteiger partial charge in [-0.3, -0.25) is 14.9 Å². The number of carbonyl (C=O) groups is 3. The van der Waals surface area contributed by atoms with E-state index in [1.165, 1.54) is 0 Å². The quantitative estimate of drug-likeness (QED) is 0.776. The maximum absolute atomic E-state index is 12.8. The summed E-state index contributed by atoms with van der Waals surface area (Å²) >= 11 is 0. The summed E-state index contributed by atoms with van der Waals surface area (Å²) < 4.78 is 8.58. The van der Waals surface area contributed by atoms with Gasteiger partial charge in [0.25, 0.3) is 11.8 Å². The van der Waals surface area contributed by atoms with E-state index in [0.717, 1.165) is 32.4 Å². The number of aryl methyl sites for hydroxylation is 2. The fourth-order valence-electron chi connectivity index (χ4n) is 3.58. The van der Waals surface area contributed by atoms with E-state index in [-0.39, 0.29) is 11.8 Å². The molecule has 2 aromatic heterocycles. The van der Waals surface area contributed by atoms with E-state index in [4.69, 9.17) is 4.74 Å². The Labute approximate surface area is 182 Å². The van der Waals surface area contributed by atoms with Crippen LogP contribution in [0, 0.1) is 0 Å². The molecular weight excluding hydrogens is 398 g/mol. The molecule has 1 aliphatic rings. The van der Waals surface area contributed by atoms with Crippen molar-refractivity contribution in [1.29, 1.82) is 0 Å². The first-order chi connectivity index (χ1) is 14.5. The number of carbonyl (C=O) groups excluding carboxylic acids is 3. The number of aromatic nitrogens is 2. The average Bonchev–Trinajstić information content (AvgIpc) is 3.22. The monoisotopic (exact) mass is 429 g/mol. The second kappa shape index (κ2) is 8.87. The molecule has 1 fully saturated rings. The first-order valence-electron chi connectivity index (χ1n) is 10.5. The third kappa shape index (κ3) is 5.68. The molecule has 0 atom stereocenters. The van der Waals surface area contributed by atoms with Crippen molar-refractivity contribution in [1.82, 2.24) is 14.0 Å². The van der Waals surface area contributed by atoms with Crippen molar-refractivity contribution in [2.24, 2.45) is 14.1 Å². The molecule has 31 heavy (non-hydrogen) atoms. The van der Waals surface area contributed by atoms with Crippen LogP contribution in [0.4, 0.5) is 16.2 Å². The number of nitrogens with one attached hydrogen (secondary N) is 2. The molecule has 0 aliphatic carbocycles. The van der Waals surface area contributed by atoms with Crippen LogP contribution in [0.25, 0.3) is 0 Å². The van der Waals surface area contributed by atoms with Gasteiger partial charge < -0.3 is 24.1 Å². The minimum Gasteiger partial charge on any atom is -0.444 e. The summed E-state index contributed by atoms with van der Waals surface area (Å²) in [7, 11) is 3.50. The normalized spacial score (nSPS) is 14.3. The zero-order valence-electron chi connectivity index (χ0n) is 18.8. The topological polar surface area (TPSA) is 97.6 Å². The third-order valence-corrected chi connectivity index (χ3v) is 5.01. The minimum absolute atomic E-state index is 0.0228. The molecule has 0 spiro atoms. The number of likely N-dealkylation sites (tertiary alicyclic amines) is 1. The summed E-state index contributed by atoms with van der Waals surface area (Å²) in [6.07, 6.45) is 5.96.